The van der Waals surface area contributed by atoms with Crippen LogP contribution in [0.1, 0.15) is 49.8 Å². The Kier molecular flexibility index (Phi) is 5.83. The number of aryl methyl sites for hydroxylation is 2. The van der Waals surface area contributed by atoms with Gasteiger partial charge in [0.1, 0.15) is 6.54 Å². The second-order valence-electron chi connectivity index (χ2n) is 7.07. The summed E-state index contributed by atoms with van der Waals surface area (Å²) in [6, 6.07) is 8.00. The highest BCUT2D eigenvalue weighted by Gasteiger charge is 2.27. The molecule has 0 aliphatic heterocycles. The van der Waals surface area contributed by atoms with E-state index in [0.717, 1.165) is 6.04 Å². The minimum atomic E-state index is 0.967. The topological polar surface area (TPSA) is 16.6 Å². The summed E-state index contributed by atoms with van der Waals surface area (Å²) in [6.07, 6.45) is 4.25. The van der Waals surface area contributed by atoms with Crippen LogP contribution in [0.15, 0.2) is 18.2 Å². The molecule has 21 heavy (non-hydrogen) atoms. The zero-order valence-corrected chi connectivity index (χ0v) is 14.5. The van der Waals surface area contributed by atoms with Gasteiger partial charge in [0.05, 0.1) is 32.2 Å². The maximum atomic E-state index is 2.57. The van der Waals surface area contributed by atoms with Gasteiger partial charge in [-0.25, -0.2) is 0 Å². The first kappa shape index (κ1) is 16.5. The van der Waals surface area contributed by atoms with Gasteiger partial charge in [0.25, 0.3) is 0 Å². The first-order chi connectivity index (χ1) is 10.1. The van der Waals surface area contributed by atoms with Gasteiger partial charge >= 0.3 is 0 Å². The van der Waals surface area contributed by atoms with Crippen molar-refractivity contribution in [1.82, 2.24) is 0 Å². The summed E-state index contributed by atoms with van der Waals surface area (Å²) in [7, 11) is 0. The number of nitrogens with two attached hydrogens (primary N) is 1. The molecular weight excluding hydrogens is 256 g/mol. The Labute approximate surface area is 131 Å². The predicted octanol–water partition coefficient (Wildman–Crippen LogP) is 2.78. The molecule has 0 radical (unpaired) electrons. The number of hydrogen-bond donors (Lipinski definition) is 1. The maximum absolute atomic E-state index is 2.57. The molecule has 0 amide bonds. The van der Waals surface area contributed by atoms with Crippen LogP contribution in [-0.2, 0) is 6.54 Å². The molecule has 1 aliphatic rings. The monoisotopic (exact) mass is 290 g/mol. The molecule has 0 bridgehead atoms. The molecule has 0 spiro atoms. The third-order valence-electron chi connectivity index (χ3n) is 5.10. The first-order valence-electron chi connectivity index (χ1n) is 8.82. The van der Waals surface area contributed by atoms with Crippen molar-refractivity contribution in [3.05, 3.63) is 34.9 Å². The quantitative estimate of drug-likeness (QED) is 0.532. The van der Waals surface area contributed by atoms with E-state index in [1.807, 2.05) is 0 Å². The fourth-order valence-corrected chi connectivity index (χ4v) is 3.50. The number of nitrogens with zero attached hydrogens (tertiary/aromatic N) is 1. The van der Waals surface area contributed by atoms with Gasteiger partial charge < -0.3 is 9.80 Å². The zero-order chi connectivity index (χ0) is 15.3. The van der Waals surface area contributed by atoms with Crippen molar-refractivity contribution in [2.45, 2.75) is 59.5 Å². The Hall–Kier alpha value is -0.860. The smallest absolute Gasteiger partial charge is 0.104 e. The number of hydrogen-bond acceptors (Lipinski definition) is 0. The summed E-state index contributed by atoms with van der Waals surface area (Å²) in [5.74, 6) is 0. The Morgan fingerprint density at radius 1 is 1.05 bits per heavy atom. The Morgan fingerprint density at radius 2 is 1.67 bits per heavy atom. The van der Waals surface area contributed by atoms with Crippen LogP contribution >= 0.6 is 0 Å². The Morgan fingerprint density at radius 3 is 2.19 bits per heavy atom. The summed E-state index contributed by atoms with van der Waals surface area (Å²) in [4.78, 5) is 0. The molecule has 1 aromatic carbocycles. The van der Waals surface area contributed by atoms with E-state index < -0.39 is 0 Å². The first-order valence-corrected chi connectivity index (χ1v) is 8.82. The van der Waals surface area contributed by atoms with Crippen molar-refractivity contribution in [3.63, 3.8) is 0 Å². The molecule has 2 heteroatoms. The summed E-state index contributed by atoms with van der Waals surface area (Å²) in [5, 5.41) is 2.57. The van der Waals surface area contributed by atoms with Crippen molar-refractivity contribution in [1.29, 1.82) is 0 Å². The lowest BCUT2D eigenvalue weighted by Gasteiger charge is -2.37. The Bertz CT molecular complexity index is 425. The highest BCUT2D eigenvalue weighted by molar-refractivity contribution is 5.28. The zero-order valence-electron chi connectivity index (χ0n) is 14.5. The van der Waals surface area contributed by atoms with Gasteiger partial charge in [-0.1, -0.05) is 29.3 Å². The van der Waals surface area contributed by atoms with Crippen molar-refractivity contribution in [2.24, 2.45) is 0 Å². The van der Waals surface area contributed by atoms with E-state index in [-0.39, 0.29) is 0 Å². The van der Waals surface area contributed by atoms with Crippen molar-refractivity contribution >= 4 is 0 Å². The van der Waals surface area contributed by atoms with Gasteiger partial charge in [-0.05, 0) is 27.7 Å². The minimum absolute atomic E-state index is 0.967. The number of rotatable bonds is 9. The third-order valence-corrected chi connectivity index (χ3v) is 5.10. The van der Waals surface area contributed by atoms with E-state index in [0.29, 0.717) is 0 Å². The van der Waals surface area contributed by atoms with E-state index >= 15 is 0 Å². The second kappa shape index (κ2) is 7.42. The van der Waals surface area contributed by atoms with Crippen LogP contribution in [-0.4, -0.2) is 36.7 Å². The molecule has 0 saturated heterocycles. The molecule has 1 aromatic rings. The van der Waals surface area contributed by atoms with Crippen LogP contribution in [0.25, 0.3) is 0 Å². The lowest BCUT2D eigenvalue weighted by molar-refractivity contribution is -0.939. The Balaban J connectivity index is 1.94. The molecule has 2 nitrogen and oxygen atoms in total. The van der Waals surface area contributed by atoms with E-state index in [1.165, 1.54) is 73.2 Å². The SMILES string of the molecule is CC[N+](CC)(CCC[NH2+]C1CC1)Cc1cc(C)cc(C)c1. The molecule has 2 N–H and O–H groups in total. The molecule has 1 saturated carbocycles. The van der Waals surface area contributed by atoms with E-state index in [4.69, 9.17) is 0 Å². The van der Waals surface area contributed by atoms with E-state index in [9.17, 15) is 0 Å². The van der Waals surface area contributed by atoms with Crippen LogP contribution in [0, 0.1) is 13.8 Å². The largest absolute Gasteiger partial charge is 0.344 e. The lowest BCUT2D eigenvalue weighted by atomic mass is 10.1. The third kappa shape index (κ3) is 5.12. The molecule has 0 aromatic heterocycles. The molecule has 118 valence electrons. The summed E-state index contributed by atoms with van der Waals surface area (Å²) < 4.78 is 1.24. The van der Waals surface area contributed by atoms with Crippen molar-refractivity contribution in [2.75, 3.05) is 26.2 Å². The van der Waals surface area contributed by atoms with Crippen molar-refractivity contribution < 1.29 is 9.80 Å². The van der Waals surface area contributed by atoms with Crippen LogP contribution in [0.4, 0.5) is 0 Å². The molecule has 2 rings (SSSR count). The maximum Gasteiger partial charge on any atom is 0.104 e. The molecule has 0 atom stereocenters. The van der Waals surface area contributed by atoms with Gasteiger partial charge in [-0.2, -0.15) is 0 Å². The normalized spacial score (nSPS) is 15.4. The van der Waals surface area contributed by atoms with Crippen LogP contribution < -0.4 is 5.32 Å². The summed E-state index contributed by atoms with van der Waals surface area (Å²) >= 11 is 0. The van der Waals surface area contributed by atoms with E-state index in [2.05, 4.69) is 51.2 Å². The summed E-state index contributed by atoms with van der Waals surface area (Å²) in [6.45, 7) is 15.5. The average Bonchev–Trinajstić information content (AvgIpc) is 3.25. The number of quaternary nitrogens is 2. The van der Waals surface area contributed by atoms with Crippen LogP contribution in [0.2, 0.25) is 0 Å². The average molecular weight is 290 g/mol. The van der Waals surface area contributed by atoms with Gasteiger partial charge in [0.15, 0.2) is 0 Å². The van der Waals surface area contributed by atoms with E-state index in [1.54, 1.807) is 0 Å². The second-order valence-corrected chi connectivity index (χ2v) is 7.07. The molecule has 0 unspecified atom stereocenters. The highest BCUT2D eigenvalue weighted by atomic mass is 15.3. The predicted molar refractivity (Wildman–Crippen MR) is 90.3 cm³/mol. The summed E-state index contributed by atoms with van der Waals surface area (Å²) in [5.41, 5.74) is 4.32. The van der Waals surface area contributed by atoms with Gasteiger partial charge in [0, 0.05) is 24.8 Å². The van der Waals surface area contributed by atoms with Gasteiger partial charge in [-0.15, -0.1) is 0 Å². The molecule has 1 fully saturated rings. The fraction of sp³-hybridized carbons (Fsp3) is 0.684. The van der Waals surface area contributed by atoms with Gasteiger partial charge in [-0.3, -0.25) is 0 Å². The van der Waals surface area contributed by atoms with Crippen LogP contribution in [0.3, 0.4) is 0 Å². The highest BCUT2D eigenvalue weighted by Crippen LogP contribution is 2.18. The number of benzene rings is 1. The lowest BCUT2D eigenvalue weighted by Crippen LogP contribution is -2.86. The molecule has 0 heterocycles. The minimum Gasteiger partial charge on any atom is -0.344 e. The van der Waals surface area contributed by atoms with Crippen LogP contribution in [0.5, 0.6) is 0 Å². The van der Waals surface area contributed by atoms with Gasteiger partial charge in [0.2, 0.25) is 0 Å². The fourth-order valence-electron chi connectivity index (χ4n) is 3.50. The van der Waals surface area contributed by atoms with Crippen molar-refractivity contribution in [3.8, 4) is 0 Å². The molecule has 1 aliphatic carbocycles. The standard InChI is InChI=1S/C19H33N2/c1-5-21(6-2,11-7-10-20-19-8-9-19)15-18-13-16(3)12-17(4)14-18/h12-14,19-20H,5-11,15H2,1-4H3/q+1/p+1. The molecular formula is C19H34N2+2.